The van der Waals surface area contributed by atoms with Gasteiger partial charge >= 0.3 is 0 Å². The quantitative estimate of drug-likeness (QED) is 0.789. The average molecular weight is 224 g/mol. The van der Waals surface area contributed by atoms with Crippen molar-refractivity contribution in [2.45, 2.75) is 51.5 Å². The fourth-order valence-corrected chi connectivity index (χ4v) is 2.69. The molecule has 2 aliphatic rings. The highest BCUT2D eigenvalue weighted by molar-refractivity contribution is 5.76. The van der Waals surface area contributed by atoms with Gasteiger partial charge in [0.1, 0.15) is 0 Å². The SMILES string of the molecule is CCNC1CCN(C(=O)CC2CCC2)CC1. The van der Waals surface area contributed by atoms with Crippen molar-refractivity contribution in [1.29, 1.82) is 0 Å². The topological polar surface area (TPSA) is 32.3 Å². The van der Waals surface area contributed by atoms with Crippen LogP contribution in [0.5, 0.6) is 0 Å². The molecule has 1 aliphatic heterocycles. The van der Waals surface area contributed by atoms with Crippen molar-refractivity contribution in [2.24, 2.45) is 5.92 Å². The lowest BCUT2D eigenvalue weighted by Crippen LogP contribution is -2.45. The fourth-order valence-electron chi connectivity index (χ4n) is 2.69. The minimum absolute atomic E-state index is 0.402. The van der Waals surface area contributed by atoms with Crippen LogP contribution in [0.25, 0.3) is 0 Å². The summed E-state index contributed by atoms with van der Waals surface area (Å²) in [6.45, 7) is 5.11. The predicted octanol–water partition coefficient (Wildman–Crippen LogP) is 1.78. The molecular formula is C13H24N2O. The van der Waals surface area contributed by atoms with E-state index in [2.05, 4.69) is 17.1 Å². The van der Waals surface area contributed by atoms with Gasteiger partial charge in [-0.2, -0.15) is 0 Å². The van der Waals surface area contributed by atoms with Gasteiger partial charge < -0.3 is 10.2 Å². The summed E-state index contributed by atoms with van der Waals surface area (Å²) in [7, 11) is 0. The van der Waals surface area contributed by atoms with Gasteiger partial charge in [-0.05, 0) is 38.1 Å². The van der Waals surface area contributed by atoms with Crippen LogP contribution in [0.15, 0.2) is 0 Å². The Kier molecular flexibility index (Phi) is 4.22. The summed E-state index contributed by atoms with van der Waals surface area (Å²) in [6, 6.07) is 0.637. The standard InChI is InChI=1S/C13H24N2O/c1-2-14-12-6-8-15(9-7-12)13(16)10-11-4-3-5-11/h11-12,14H,2-10H2,1H3. The molecule has 0 radical (unpaired) electrons. The monoisotopic (exact) mass is 224 g/mol. The third-order valence-electron chi connectivity index (χ3n) is 4.03. The number of carbonyl (C=O) groups is 1. The second-order valence-corrected chi connectivity index (χ2v) is 5.21. The molecule has 3 heteroatoms. The summed E-state index contributed by atoms with van der Waals surface area (Å²) in [4.78, 5) is 14.0. The van der Waals surface area contributed by atoms with Crippen molar-refractivity contribution in [3.63, 3.8) is 0 Å². The number of hydrogen-bond acceptors (Lipinski definition) is 2. The van der Waals surface area contributed by atoms with E-state index in [0.29, 0.717) is 17.9 Å². The number of nitrogens with one attached hydrogen (secondary N) is 1. The van der Waals surface area contributed by atoms with E-state index in [0.717, 1.165) is 38.9 Å². The molecule has 0 unspecified atom stereocenters. The van der Waals surface area contributed by atoms with E-state index in [1.165, 1.54) is 19.3 Å². The van der Waals surface area contributed by atoms with Crippen molar-refractivity contribution in [3.05, 3.63) is 0 Å². The van der Waals surface area contributed by atoms with E-state index < -0.39 is 0 Å². The number of hydrogen-bond donors (Lipinski definition) is 1. The highest BCUT2D eigenvalue weighted by Crippen LogP contribution is 2.30. The van der Waals surface area contributed by atoms with Crippen LogP contribution < -0.4 is 5.32 Å². The molecule has 1 heterocycles. The van der Waals surface area contributed by atoms with Gasteiger partial charge in [0.25, 0.3) is 0 Å². The highest BCUT2D eigenvalue weighted by Gasteiger charge is 2.26. The molecular weight excluding hydrogens is 200 g/mol. The summed E-state index contributed by atoms with van der Waals surface area (Å²) >= 11 is 0. The van der Waals surface area contributed by atoms with Gasteiger partial charge in [0.2, 0.25) is 5.91 Å². The highest BCUT2D eigenvalue weighted by atomic mass is 16.2. The molecule has 0 aromatic rings. The van der Waals surface area contributed by atoms with Crippen LogP contribution in [-0.2, 0) is 4.79 Å². The molecule has 1 saturated carbocycles. The minimum atomic E-state index is 0.402. The minimum Gasteiger partial charge on any atom is -0.343 e. The summed E-state index contributed by atoms with van der Waals surface area (Å²) < 4.78 is 0. The lowest BCUT2D eigenvalue weighted by atomic mass is 9.82. The molecule has 0 aromatic carbocycles. The van der Waals surface area contributed by atoms with Crippen LogP contribution in [0.2, 0.25) is 0 Å². The summed E-state index contributed by atoms with van der Waals surface area (Å²) in [5.74, 6) is 1.11. The first-order valence-corrected chi connectivity index (χ1v) is 6.80. The van der Waals surface area contributed by atoms with Crippen LogP contribution in [0.3, 0.4) is 0 Å². The Morgan fingerprint density at radius 2 is 1.94 bits per heavy atom. The Bertz CT molecular complexity index is 230. The first-order chi connectivity index (χ1) is 7.79. The Hall–Kier alpha value is -0.570. The molecule has 92 valence electrons. The lowest BCUT2D eigenvalue weighted by molar-refractivity contribution is -0.133. The van der Waals surface area contributed by atoms with Gasteiger partial charge in [-0.25, -0.2) is 0 Å². The van der Waals surface area contributed by atoms with E-state index in [9.17, 15) is 4.79 Å². The Morgan fingerprint density at radius 3 is 2.44 bits per heavy atom. The van der Waals surface area contributed by atoms with Crippen molar-refractivity contribution >= 4 is 5.91 Å². The average Bonchev–Trinajstić information content (AvgIpc) is 2.25. The Morgan fingerprint density at radius 1 is 1.25 bits per heavy atom. The predicted molar refractivity (Wildman–Crippen MR) is 65.2 cm³/mol. The maximum atomic E-state index is 12.0. The zero-order chi connectivity index (χ0) is 11.4. The first-order valence-electron chi connectivity index (χ1n) is 6.80. The molecule has 0 bridgehead atoms. The number of amides is 1. The van der Waals surface area contributed by atoms with Crippen LogP contribution in [0.4, 0.5) is 0 Å². The summed E-state index contributed by atoms with van der Waals surface area (Å²) in [6.07, 6.45) is 6.96. The van der Waals surface area contributed by atoms with Gasteiger partial charge in [0, 0.05) is 25.6 Å². The van der Waals surface area contributed by atoms with E-state index >= 15 is 0 Å². The van der Waals surface area contributed by atoms with Gasteiger partial charge in [-0.15, -0.1) is 0 Å². The molecule has 1 saturated heterocycles. The number of carbonyl (C=O) groups excluding carboxylic acids is 1. The van der Waals surface area contributed by atoms with E-state index in [1.54, 1.807) is 0 Å². The third-order valence-corrected chi connectivity index (χ3v) is 4.03. The third kappa shape index (κ3) is 2.97. The number of nitrogens with zero attached hydrogens (tertiary/aromatic N) is 1. The second-order valence-electron chi connectivity index (χ2n) is 5.21. The number of piperidine rings is 1. The maximum Gasteiger partial charge on any atom is 0.222 e. The normalized spacial score (nSPS) is 23.2. The smallest absolute Gasteiger partial charge is 0.222 e. The van der Waals surface area contributed by atoms with E-state index in [4.69, 9.17) is 0 Å². The molecule has 16 heavy (non-hydrogen) atoms. The molecule has 3 nitrogen and oxygen atoms in total. The lowest BCUT2D eigenvalue weighted by Gasteiger charge is -2.34. The van der Waals surface area contributed by atoms with Gasteiger partial charge in [-0.3, -0.25) is 4.79 Å². The van der Waals surface area contributed by atoms with E-state index in [-0.39, 0.29) is 0 Å². The Labute approximate surface area is 98.6 Å². The van der Waals surface area contributed by atoms with E-state index in [1.807, 2.05) is 0 Å². The van der Waals surface area contributed by atoms with Crippen LogP contribution in [-0.4, -0.2) is 36.5 Å². The maximum absolute atomic E-state index is 12.0. The summed E-state index contributed by atoms with van der Waals surface area (Å²) in [5, 5.41) is 3.47. The molecule has 2 rings (SSSR count). The number of likely N-dealkylation sites (tertiary alicyclic amines) is 1. The molecule has 0 spiro atoms. The molecule has 2 fully saturated rings. The molecule has 1 aliphatic carbocycles. The zero-order valence-electron chi connectivity index (χ0n) is 10.4. The van der Waals surface area contributed by atoms with Crippen molar-refractivity contribution in [2.75, 3.05) is 19.6 Å². The molecule has 1 N–H and O–H groups in total. The van der Waals surface area contributed by atoms with Crippen molar-refractivity contribution in [1.82, 2.24) is 10.2 Å². The zero-order valence-corrected chi connectivity index (χ0v) is 10.4. The molecule has 0 aromatic heterocycles. The Balaban J connectivity index is 1.68. The first kappa shape index (κ1) is 11.9. The van der Waals surface area contributed by atoms with Gasteiger partial charge in [-0.1, -0.05) is 13.3 Å². The molecule has 0 atom stereocenters. The molecule has 1 amide bonds. The largest absolute Gasteiger partial charge is 0.343 e. The van der Waals surface area contributed by atoms with Crippen LogP contribution >= 0.6 is 0 Å². The summed E-state index contributed by atoms with van der Waals surface area (Å²) in [5.41, 5.74) is 0. The van der Waals surface area contributed by atoms with Gasteiger partial charge in [0.05, 0.1) is 0 Å². The second kappa shape index (κ2) is 5.67. The van der Waals surface area contributed by atoms with Crippen LogP contribution in [0.1, 0.15) is 45.4 Å². The fraction of sp³-hybridized carbons (Fsp3) is 0.923. The number of rotatable bonds is 4. The van der Waals surface area contributed by atoms with Gasteiger partial charge in [0.15, 0.2) is 0 Å². The van der Waals surface area contributed by atoms with Crippen molar-refractivity contribution in [3.8, 4) is 0 Å². The van der Waals surface area contributed by atoms with Crippen molar-refractivity contribution < 1.29 is 4.79 Å². The van der Waals surface area contributed by atoms with Crippen LogP contribution in [0, 0.1) is 5.92 Å².